The van der Waals surface area contributed by atoms with Gasteiger partial charge in [0.1, 0.15) is 5.69 Å². The zero-order valence-corrected chi connectivity index (χ0v) is 11.8. The standard InChI is InChI=1S/C11H16N4O4S/c1-20(18,19)14-8-3-2-6-15(7-8)11(17)9-4-5-10(16)13-12-9/h4-5,8,14H,2-3,6-7H2,1H3,(H,13,16)/t8-/m1/s1. The molecule has 0 bridgehead atoms. The number of likely N-dealkylation sites (tertiary alicyclic amines) is 1. The van der Waals surface area contributed by atoms with E-state index in [-0.39, 0.29) is 23.2 Å². The number of aromatic nitrogens is 2. The van der Waals surface area contributed by atoms with Gasteiger partial charge in [-0.25, -0.2) is 18.2 Å². The summed E-state index contributed by atoms with van der Waals surface area (Å²) in [6.07, 6.45) is 2.50. The molecule has 0 spiro atoms. The molecule has 2 rings (SSSR count). The normalized spacial score (nSPS) is 19.9. The van der Waals surface area contributed by atoms with Crippen molar-refractivity contribution >= 4 is 15.9 Å². The van der Waals surface area contributed by atoms with E-state index in [4.69, 9.17) is 0 Å². The Morgan fingerprint density at radius 1 is 1.50 bits per heavy atom. The lowest BCUT2D eigenvalue weighted by Gasteiger charge is -2.32. The highest BCUT2D eigenvalue weighted by molar-refractivity contribution is 7.88. The van der Waals surface area contributed by atoms with Gasteiger partial charge in [-0.3, -0.25) is 9.59 Å². The van der Waals surface area contributed by atoms with Gasteiger partial charge in [-0.2, -0.15) is 5.10 Å². The van der Waals surface area contributed by atoms with Gasteiger partial charge in [-0.05, 0) is 18.9 Å². The number of carbonyl (C=O) groups is 1. The topological polar surface area (TPSA) is 112 Å². The minimum Gasteiger partial charge on any atom is -0.336 e. The average molecular weight is 300 g/mol. The van der Waals surface area contributed by atoms with Crippen LogP contribution in [0.3, 0.4) is 0 Å². The zero-order chi connectivity index (χ0) is 14.8. The first-order chi connectivity index (χ1) is 9.35. The number of sulfonamides is 1. The first-order valence-electron chi connectivity index (χ1n) is 6.17. The number of hydrogen-bond acceptors (Lipinski definition) is 5. The van der Waals surface area contributed by atoms with E-state index in [0.29, 0.717) is 25.9 Å². The van der Waals surface area contributed by atoms with E-state index in [1.54, 1.807) is 0 Å². The fraction of sp³-hybridized carbons (Fsp3) is 0.545. The van der Waals surface area contributed by atoms with E-state index in [9.17, 15) is 18.0 Å². The summed E-state index contributed by atoms with van der Waals surface area (Å²) in [4.78, 5) is 24.6. The third-order valence-corrected chi connectivity index (χ3v) is 3.75. The van der Waals surface area contributed by atoms with Gasteiger partial charge in [-0.1, -0.05) is 0 Å². The smallest absolute Gasteiger partial charge is 0.274 e. The Hall–Kier alpha value is -1.74. The van der Waals surface area contributed by atoms with Crippen LogP contribution in [0.25, 0.3) is 0 Å². The SMILES string of the molecule is CS(=O)(=O)N[C@@H]1CCCN(C(=O)c2ccc(=O)[nH]n2)C1. The van der Waals surface area contributed by atoms with Gasteiger partial charge in [0.2, 0.25) is 10.0 Å². The van der Waals surface area contributed by atoms with E-state index in [2.05, 4.69) is 14.9 Å². The Bertz CT molecular complexity index is 634. The Kier molecular flexibility index (Phi) is 4.19. The number of amides is 1. The van der Waals surface area contributed by atoms with Gasteiger partial charge in [-0.15, -0.1) is 0 Å². The molecule has 1 aliphatic rings. The van der Waals surface area contributed by atoms with Gasteiger partial charge in [0, 0.05) is 25.2 Å². The minimum absolute atomic E-state index is 0.143. The number of carbonyl (C=O) groups excluding carboxylic acids is 1. The van der Waals surface area contributed by atoms with E-state index in [1.807, 2.05) is 0 Å². The second kappa shape index (κ2) is 5.71. The molecule has 1 aromatic rings. The van der Waals surface area contributed by atoms with Gasteiger partial charge in [0.15, 0.2) is 0 Å². The average Bonchev–Trinajstić information content (AvgIpc) is 2.37. The van der Waals surface area contributed by atoms with Crippen molar-refractivity contribution in [1.29, 1.82) is 0 Å². The molecule has 20 heavy (non-hydrogen) atoms. The summed E-state index contributed by atoms with van der Waals surface area (Å²) in [5.41, 5.74) is -0.235. The summed E-state index contributed by atoms with van der Waals surface area (Å²) in [5, 5.41) is 5.89. The number of H-pyrrole nitrogens is 1. The molecule has 9 heteroatoms. The second-order valence-electron chi connectivity index (χ2n) is 4.79. The molecular weight excluding hydrogens is 284 g/mol. The zero-order valence-electron chi connectivity index (χ0n) is 11.0. The third kappa shape index (κ3) is 3.87. The molecule has 2 N–H and O–H groups in total. The second-order valence-corrected chi connectivity index (χ2v) is 6.57. The maximum absolute atomic E-state index is 12.2. The maximum Gasteiger partial charge on any atom is 0.274 e. The van der Waals surface area contributed by atoms with Crippen LogP contribution in [-0.4, -0.2) is 54.8 Å². The van der Waals surface area contributed by atoms with Gasteiger partial charge in [0.25, 0.3) is 11.5 Å². The molecule has 110 valence electrons. The minimum atomic E-state index is -3.29. The lowest BCUT2D eigenvalue weighted by Crippen LogP contribution is -2.49. The first kappa shape index (κ1) is 14.7. The predicted octanol–water partition coefficient (Wildman–Crippen LogP) is -1.08. The van der Waals surface area contributed by atoms with Crippen molar-refractivity contribution in [2.45, 2.75) is 18.9 Å². The van der Waals surface area contributed by atoms with E-state index >= 15 is 0 Å². The molecule has 1 saturated heterocycles. The van der Waals surface area contributed by atoms with Crippen molar-refractivity contribution in [2.75, 3.05) is 19.3 Å². The molecule has 2 heterocycles. The van der Waals surface area contributed by atoms with Crippen LogP contribution in [0.15, 0.2) is 16.9 Å². The van der Waals surface area contributed by atoms with Crippen LogP contribution in [-0.2, 0) is 10.0 Å². The van der Waals surface area contributed by atoms with E-state index in [1.165, 1.54) is 17.0 Å². The number of hydrogen-bond donors (Lipinski definition) is 2. The molecule has 0 radical (unpaired) electrons. The molecular formula is C11H16N4O4S. The van der Waals surface area contributed by atoms with Crippen LogP contribution in [0, 0.1) is 0 Å². The van der Waals surface area contributed by atoms with Crippen molar-refractivity contribution < 1.29 is 13.2 Å². The molecule has 1 aromatic heterocycles. The summed E-state index contributed by atoms with van der Waals surface area (Å²) < 4.78 is 24.9. The summed E-state index contributed by atoms with van der Waals surface area (Å²) in [7, 11) is -3.29. The number of nitrogens with zero attached hydrogens (tertiary/aromatic N) is 2. The van der Waals surface area contributed by atoms with Crippen LogP contribution in [0.4, 0.5) is 0 Å². The molecule has 1 fully saturated rings. The Labute approximate surface area is 116 Å². The Balaban J connectivity index is 2.07. The van der Waals surface area contributed by atoms with Crippen molar-refractivity contribution in [3.05, 3.63) is 28.2 Å². The third-order valence-electron chi connectivity index (χ3n) is 2.99. The fourth-order valence-corrected chi connectivity index (χ4v) is 2.98. The van der Waals surface area contributed by atoms with Gasteiger partial charge in [0.05, 0.1) is 6.26 Å². The van der Waals surface area contributed by atoms with E-state index in [0.717, 1.165) is 6.26 Å². The van der Waals surface area contributed by atoms with Gasteiger partial charge >= 0.3 is 0 Å². The first-order valence-corrected chi connectivity index (χ1v) is 8.06. The van der Waals surface area contributed by atoms with Crippen molar-refractivity contribution in [3.8, 4) is 0 Å². The number of piperidine rings is 1. The number of nitrogens with one attached hydrogen (secondary N) is 2. The van der Waals surface area contributed by atoms with Crippen LogP contribution < -0.4 is 10.3 Å². The van der Waals surface area contributed by atoms with Crippen LogP contribution >= 0.6 is 0 Å². The maximum atomic E-state index is 12.2. The number of aromatic amines is 1. The van der Waals surface area contributed by atoms with Crippen molar-refractivity contribution in [3.63, 3.8) is 0 Å². The lowest BCUT2D eigenvalue weighted by atomic mass is 10.1. The monoisotopic (exact) mass is 300 g/mol. The van der Waals surface area contributed by atoms with Crippen molar-refractivity contribution in [1.82, 2.24) is 19.8 Å². The largest absolute Gasteiger partial charge is 0.336 e. The van der Waals surface area contributed by atoms with Gasteiger partial charge < -0.3 is 4.90 Å². The van der Waals surface area contributed by atoms with Crippen LogP contribution in [0.1, 0.15) is 23.3 Å². The Morgan fingerprint density at radius 2 is 2.25 bits per heavy atom. The van der Waals surface area contributed by atoms with Crippen molar-refractivity contribution in [2.24, 2.45) is 0 Å². The summed E-state index contributed by atoms with van der Waals surface area (Å²) in [6.45, 7) is 0.842. The quantitative estimate of drug-likeness (QED) is 0.737. The fourth-order valence-electron chi connectivity index (χ4n) is 2.19. The summed E-state index contributed by atoms with van der Waals surface area (Å²) in [6, 6.07) is 2.30. The summed E-state index contributed by atoms with van der Waals surface area (Å²) >= 11 is 0. The molecule has 0 saturated carbocycles. The molecule has 0 unspecified atom stereocenters. The predicted molar refractivity (Wildman–Crippen MR) is 71.8 cm³/mol. The molecule has 1 amide bonds. The number of rotatable bonds is 3. The lowest BCUT2D eigenvalue weighted by molar-refractivity contribution is 0.0696. The van der Waals surface area contributed by atoms with E-state index < -0.39 is 10.0 Å². The van der Waals surface area contributed by atoms with Crippen LogP contribution in [0.5, 0.6) is 0 Å². The van der Waals surface area contributed by atoms with Crippen LogP contribution in [0.2, 0.25) is 0 Å². The summed E-state index contributed by atoms with van der Waals surface area (Å²) in [5.74, 6) is -0.318. The molecule has 0 aliphatic carbocycles. The molecule has 1 aliphatic heterocycles. The molecule has 8 nitrogen and oxygen atoms in total. The molecule has 0 aromatic carbocycles. The molecule has 1 atom stereocenters. The Morgan fingerprint density at radius 3 is 2.85 bits per heavy atom. The highest BCUT2D eigenvalue weighted by atomic mass is 32.2. The highest BCUT2D eigenvalue weighted by Crippen LogP contribution is 2.13. The highest BCUT2D eigenvalue weighted by Gasteiger charge is 2.26.